The second-order valence-electron chi connectivity index (χ2n) is 5.48. The maximum absolute atomic E-state index is 13.0. The molecule has 3 aromatic carbocycles. The molecule has 4 nitrogen and oxygen atoms in total. The first kappa shape index (κ1) is 15.8. The van der Waals surface area contributed by atoms with Crippen LogP contribution in [0.15, 0.2) is 84.9 Å². The Balaban J connectivity index is 2.08. The predicted octanol–water partition coefficient (Wildman–Crippen LogP) is 3.41. The average molecular weight is 319 g/mol. The molecular weight excluding hydrogens is 301 g/mol. The van der Waals surface area contributed by atoms with Gasteiger partial charge < -0.3 is 16.2 Å². The number of carbonyl (C=O) groups is 1. The zero-order chi connectivity index (χ0) is 17.0. The molecule has 24 heavy (non-hydrogen) atoms. The molecule has 0 spiro atoms. The topological polar surface area (TPSA) is 75.3 Å². The van der Waals surface area contributed by atoms with Gasteiger partial charge in [0.05, 0.1) is 11.4 Å². The molecule has 1 atom stereocenters. The van der Waals surface area contributed by atoms with Gasteiger partial charge in [-0.05, 0) is 12.1 Å². The Bertz CT molecular complexity index is 835. The van der Waals surface area contributed by atoms with Crippen LogP contribution in [0.25, 0.3) is 0 Å². The minimum Gasteiger partial charge on any atom is -0.397 e. The first-order valence-corrected chi connectivity index (χ1v) is 7.62. The van der Waals surface area contributed by atoms with Gasteiger partial charge in [0.1, 0.15) is 0 Å². The number of aliphatic hydroxyl groups is 1. The summed E-state index contributed by atoms with van der Waals surface area (Å²) in [5.74, 6) is -0.447. The highest BCUT2D eigenvalue weighted by atomic mass is 16.4. The summed E-state index contributed by atoms with van der Waals surface area (Å²) < 4.78 is 0. The van der Waals surface area contributed by atoms with Gasteiger partial charge in [-0.2, -0.15) is 0 Å². The first-order chi connectivity index (χ1) is 11.6. The number of para-hydroxylation sites is 2. The first-order valence-electron chi connectivity index (χ1n) is 7.62. The molecule has 3 aromatic rings. The highest BCUT2D eigenvalue weighted by Crippen LogP contribution is 2.30. The van der Waals surface area contributed by atoms with Crippen molar-refractivity contribution >= 4 is 17.2 Å². The van der Waals surface area contributed by atoms with Gasteiger partial charge in [0, 0.05) is 11.1 Å². The molecule has 0 bridgehead atoms. The van der Waals surface area contributed by atoms with Crippen LogP contribution in [0.2, 0.25) is 0 Å². The lowest BCUT2D eigenvalue weighted by atomic mass is 10.1. The normalized spacial score (nSPS) is 13.0. The monoisotopic (exact) mass is 319 g/mol. The van der Waals surface area contributed by atoms with Crippen molar-refractivity contribution in [3.63, 3.8) is 0 Å². The predicted molar refractivity (Wildman–Crippen MR) is 95.6 cm³/mol. The Hall–Kier alpha value is -3.11. The van der Waals surface area contributed by atoms with Crippen molar-refractivity contribution in [2.45, 2.75) is 5.72 Å². The Morgan fingerprint density at radius 1 is 0.833 bits per heavy atom. The van der Waals surface area contributed by atoms with Gasteiger partial charge in [0.25, 0.3) is 0 Å². The number of anilines is 2. The maximum atomic E-state index is 13.0. The van der Waals surface area contributed by atoms with Crippen molar-refractivity contribution in [3.05, 3.63) is 96.1 Å². The van der Waals surface area contributed by atoms with Gasteiger partial charge in [-0.25, -0.2) is 0 Å². The quantitative estimate of drug-likeness (QED) is 0.291. The SMILES string of the molecule is Nc1ccccc1N[13C](O)(C(=O)c1ccccc1)c1ccccc1. The highest BCUT2D eigenvalue weighted by Gasteiger charge is 2.38. The number of rotatable bonds is 5. The third-order valence-corrected chi connectivity index (χ3v) is 3.83. The van der Waals surface area contributed by atoms with E-state index in [2.05, 4.69) is 5.32 Å². The third kappa shape index (κ3) is 3.00. The van der Waals surface area contributed by atoms with Crippen LogP contribution in [0.3, 0.4) is 0 Å². The van der Waals surface area contributed by atoms with E-state index in [1.165, 1.54) is 0 Å². The van der Waals surface area contributed by atoms with E-state index in [1.807, 2.05) is 12.1 Å². The molecule has 0 fully saturated rings. The molecule has 1 unspecified atom stereocenters. The summed E-state index contributed by atoms with van der Waals surface area (Å²) in [6.45, 7) is 0. The van der Waals surface area contributed by atoms with Crippen molar-refractivity contribution in [3.8, 4) is 0 Å². The van der Waals surface area contributed by atoms with E-state index in [-0.39, 0.29) is 0 Å². The number of nitrogens with two attached hydrogens (primary N) is 1. The summed E-state index contributed by atoms with van der Waals surface area (Å²) in [5, 5.41) is 14.2. The molecule has 0 aromatic heterocycles. The molecule has 0 aliphatic rings. The molecule has 0 aliphatic heterocycles. The van der Waals surface area contributed by atoms with E-state index in [4.69, 9.17) is 5.73 Å². The number of ketones is 1. The number of nitrogen functional groups attached to an aromatic ring is 1. The van der Waals surface area contributed by atoms with Crippen LogP contribution in [0.5, 0.6) is 0 Å². The van der Waals surface area contributed by atoms with Crippen LogP contribution in [-0.2, 0) is 5.72 Å². The molecule has 0 amide bonds. The number of hydrogen-bond acceptors (Lipinski definition) is 4. The van der Waals surface area contributed by atoms with Crippen molar-refractivity contribution in [1.29, 1.82) is 0 Å². The summed E-state index contributed by atoms with van der Waals surface area (Å²) in [7, 11) is 0. The molecule has 0 saturated carbocycles. The largest absolute Gasteiger partial charge is 0.397 e. The Morgan fingerprint density at radius 3 is 2.00 bits per heavy atom. The molecule has 4 N–H and O–H groups in total. The Kier molecular flexibility index (Phi) is 4.31. The smallest absolute Gasteiger partial charge is 0.227 e. The van der Waals surface area contributed by atoms with Crippen LogP contribution in [0, 0.1) is 0 Å². The summed E-state index contributed by atoms with van der Waals surface area (Å²) in [6, 6.07) is 24.5. The van der Waals surface area contributed by atoms with Crippen LogP contribution in [0.1, 0.15) is 15.9 Å². The van der Waals surface area contributed by atoms with Crippen LogP contribution in [0.4, 0.5) is 11.4 Å². The third-order valence-electron chi connectivity index (χ3n) is 3.83. The van der Waals surface area contributed by atoms with Gasteiger partial charge in [0.15, 0.2) is 0 Å². The Morgan fingerprint density at radius 2 is 1.38 bits per heavy atom. The van der Waals surface area contributed by atoms with Crippen molar-refractivity contribution in [1.82, 2.24) is 0 Å². The van der Waals surface area contributed by atoms with E-state index in [0.29, 0.717) is 22.5 Å². The second kappa shape index (κ2) is 6.56. The van der Waals surface area contributed by atoms with E-state index < -0.39 is 11.5 Å². The summed E-state index contributed by atoms with van der Waals surface area (Å²) in [6.07, 6.45) is 0. The fourth-order valence-corrected chi connectivity index (χ4v) is 2.54. The lowest BCUT2D eigenvalue weighted by Crippen LogP contribution is -2.43. The second-order valence-corrected chi connectivity index (χ2v) is 5.48. The van der Waals surface area contributed by atoms with Gasteiger partial charge in [-0.15, -0.1) is 0 Å². The molecule has 0 aliphatic carbocycles. The number of Topliss-reactive ketones (excluding diaryl/α,β-unsaturated/α-hetero) is 1. The fraction of sp³-hybridized carbons (Fsp3) is 0.0500. The van der Waals surface area contributed by atoms with Crippen LogP contribution < -0.4 is 11.1 Å². The van der Waals surface area contributed by atoms with E-state index >= 15 is 0 Å². The van der Waals surface area contributed by atoms with Crippen molar-refractivity contribution in [2.75, 3.05) is 11.1 Å². The molecule has 120 valence electrons. The summed E-state index contributed by atoms with van der Waals surface area (Å²) in [5.41, 5.74) is 5.84. The van der Waals surface area contributed by atoms with Gasteiger partial charge in [0.2, 0.25) is 11.5 Å². The lowest BCUT2D eigenvalue weighted by Gasteiger charge is -2.30. The molecule has 0 radical (unpaired) electrons. The maximum Gasteiger partial charge on any atom is 0.227 e. The summed E-state index contributed by atoms with van der Waals surface area (Å²) >= 11 is 0. The number of nitrogens with one attached hydrogen (secondary N) is 1. The highest BCUT2D eigenvalue weighted by molar-refractivity contribution is 6.04. The lowest BCUT2D eigenvalue weighted by molar-refractivity contribution is 0.0436. The molecule has 0 heterocycles. The zero-order valence-corrected chi connectivity index (χ0v) is 13.0. The standard InChI is InChI=1S/C20H18N2O2/c21-17-13-7-8-14-18(17)22-20(24,16-11-5-2-6-12-16)19(23)15-9-3-1-4-10-15/h1-14,22,24H,21H2/i20+1. The number of hydrogen-bond donors (Lipinski definition) is 3. The minimum absolute atomic E-state index is 0.408. The van der Waals surface area contributed by atoms with E-state index in [0.717, 1.165) is 0 Å². The van der Waals surface area contributed by atoms with Crippen LogP contribution >= 0.6 is 0 Å². The number of benzene rings is 3. The van der Waals surface area contributed by atoms with E-state index in [9.17, 15) is 9.90 Å². The van der Waals surface area contributed by atoms with Gasteiger partial charge >= 0.3 is 0 Å². The molecular formula is C20H18N2O2. The van der Waals surface area contributed by atoms with Gasteiger partial charge in [-0.1, -0.05) is 72.8 Å². The Labute approximate surface area is 140 Å². The molecule has 4 heteroatoms. The fourth-order valence-electron chi connectivity index (χ4n) is 2.54. The molecule has 3 rings (SSSR count). The summed E-state index contributed by atoms with van der Waals surface area (Å²) in [4.78, 5) is 13.0. The minimum atomic E-state index is -1.92. The zero-order valence-electron chi connectivity index (χ0n) is 13.0. The van der Waals surface area contributed by atoms with Crippen molar-refractivity contribution < 1.29 is 9.90 Å². The molecule has 0 saturated heterocycles. The average Bonchev–Trinajstić information content (AvgIpc) is 2.64. The number of carbonyl (C=O) groups excluding carboxylic acids is 1. The van der Waals surface area contributed by atoms with Crippen molar-refractivity contribution in [2.24, 2.45) is 0 Å². The van der Waals surface area contributed by atoms with Gasteiger partial charge in [-0.3, -0.25) is 4.79 Å². The van der Waals surface area contributed by atoms with E-state index in [1.54, 1.807) is 72.8 Å². The van der Waals surface area contributed by atoms with Crippen LogP contribution in [-0.4, -0.2) is 10.9 Å².